The summed E-state index contributed by atoms with van der Waals surface area (Å²) in [5.41, 5.74) is -2.75. The van der Waals surface area contributed by atoms with Gasteiger partial charge in [-0.25, -0.2) is 0 Å². The summed E-state index contributed by atoms with van der Waals surface area (Å²) in [5.74, 6) is -0.148. The second kappa shape index (κ2) is 4.87. The normalized spacial score (nSPS) is 38.7. The molecule has 4 aliphatic rings. The molecule has 0 radical (unpaired) electrons. The molecule has 1 aliphatic carbocycles. The third-order valence-corrected chi connectivity index (χ3v) is 6.17. The quantitative estimate of drug-likeness (QED) is 0.718. The lowest BCUT2D eigenvalue weighted by atomic mass is 9.75. The van der Waals surface area contributed by atoms with Crippen LogP contribution in [0.4, 0.5) is 13.2 Å². The van der Waals surface area contributed by atoms with Crippen molar-refractivity contribution in [3.63, 3.8) is 0 Å². The third-order valence-electron chi connectivity index (χ3n) is 6.17. The minimum atomic E-state index is -4.63. The molecule has 116 valence electrons. The Labute approximate surface area is 118 Å². The molecule has 3 aliphatic heterocycles. The monoisotopic (exact) mass is 291 g/mol. The van der Waals surface area contributed by atoms with Gasteiger partial charge in [0, 0.05) is 5.92 Å². The highest BCUT2D eigenvalue weighted by Gasteiger charge is 2.64. The van der Waals surface area contributed by atoms with E-state index >= 15 is 0 Å². The molecule has 4 fully saturated rings. The van der Waals surface area contributed by atoms with Gasteiger partial charge in [0.15, 0.2) is 0 Å². The van der Waals surface area contributed by atoms with Gasteiger partial charge in [0.2, 0.25) is 0 Å². The number of nitrogens with zero attached hydrogens (tertiary/aromatic N) is 1. The van der Waals surface area contributed by atoms with E-state index in [1.165, 1.54) is 0 Å². The SMILES string of the molecule is [O-]C(C1CCCCC1)(C(F)(F)F)[N+]12CCC(CC1)CC2. The first-order valence-corrected chi connectivity index (χ1v) is 8.02. The standard InChI is InChI=1S/C15H24F3NO/c16-15(17,18)14(20,13-4-2-1-3-5-13)19-9-6-12(7-10-19)8-11-19/h12-13H,1-11H2. The average Bonchev–Trinajstić information content (AvgIpc) is 2.48. The molecule has 1 unspecified atom stereocenters. The van der Waals surface area contributed by atoms with E-state index in [1.54, 1.807) is 0 Å². The lowest BCUT2D eigenvalue weighted by Crippen LogP contribution is -2.83. The van der Waals surface area contributed by atoms with E-state index in [1.807, 2.05) is 0 Å². The Bertz CT molecular complexity index is 343. The van der Waals surface area contributed by atoms with Gasteiger partial charge >= 0.3 is 6.18 Å². The molecule has 0 aromatic heterocycles. The topological polar surface area (TPSA) is 23.1 Å². The molecule has 2 nitrogen and oxygen atoms in total. The summed E-state index contributed by atoms with van der Waals surface area (Å²) in [6.45, 7) is 1.35. The number of hydrogen-bond acceptors (Lipinski definition) is 1. The highest BCUT2D eigenvalue weighted by molar-refractivity contribution is 4.90. The molecular formula is C15H24F3NO. The van der Waals surface area contributed by atoms with Gasteiger partial charge in [-0.05, 0) is 38.0 Å². The van der Waals surface area contributed by atoms with Crippen LogP contribution in [0.3, 0.4) is 0 Å². The maximum absolute atomic E-state index is 13.8. The van der Waals surface area contributed by atoms with Gasteiger partial charge in [0.25, 0.3) is 0 Å². The Morgan fingerprint density at radius 1 is 0.800 bits per heavy atom. The fourth-order valence-electron chi connectivity index (χ4n) is 4.94. The maximum atomic E-state index is 13.8. The van der Waals surface area contributed by atoms with Crippen molar-refractivity contribution in [1.29, 1.82) is 0 Å². The molecule has 4 rings (SSSR count). The highest BCUT2D eigenvalue weighted by Crippen LogP contribution is 2.50. The first kappa shape index (κ1) is 14.6. The Morgan fingerprint density at radius 3 is 1.75 bits per heavy atom. The summed E-state index contributed by atoms with van der Waals surface area (Å²) in [6, 6.07) is 0. The van der Waals surface area contributed by atoms with Gasteiger partial charge in [0.1, 0.15) is 5.72 Å². The molecular weight excluding hydrogens is 267 g/mol. The minimum Gasteiger partial charge on any atom is -0.796 e. The van der Waals surface area contributed by atoms with Gasteiger partial charge in [-0.15, -0.1) is 0 Å². The van der Waals surface area contributed by atoms with Crippen LogP contribution in [0.25, 0.3) is 0 Å². The molecule has 2 bridgehead atoms. The van der Waals surface area contributed by atoms with Crippen LogP contribution >= 0.6 is 0 Å². The Kier molecular flexibility index (Phi) is 3.57. The molecule has 1 atom stereocenters. The Hall–Kier alpha value is -0.290. The van der Waals surface area contributed by atoms with Crippen molar-refractivity contribution in [1.82, 2.24) is 0 Å². The molecule has 0 amide bonds. The lowest BCUT2D eigenvalue weighted by molar-refractivity contribution is -1.08. The number of fused-ring (bicyclic) bond motifs is 3. The minimum absolute atomic E-state index is 0.211. The van der Waals surface area contributed by atoms with Crippen LogP contribution in [-0.4, -0.2) is 36.0 Å². The van der Waals surface area contributed by atoms with Crippen molar-refractivity contribution < 1.29 is 22.8 Å². The van der Waals surface area contributed by atoms with Crippen LogP contribution in [0.1, 0.15) is 51.4 Å². The number of quaternary nitrogens is 1. The molecule has 0 spiro atoms. The fraction of sp³-hybridized carbons (Fsp3) is 1.00. The van der Waals surface area contributed by atoms with Crippen LogP contribution < -0.4 is 5.11 Å². The molecule has 5 heteroatoms. The zero-order valence-corrected chi connectivity index (χ0v) is 11.9. The smallest absolute Gasteiger partial charge is 0.429 e. The van der Waals surface area contributed by atoms with E-state index in [2.05, 4.69) is 0 Å². The van der Waals surface area contributed by atoms with Crippen LogP contribution in [0.5, 0.6) is 0 Å². The van der Waals surface area contributed by atoms with Crippen molar-refractivity contribution >= 4 is 0 Å². The molecule has 1 saturated carbocycles. The molecule has 0 aromatic carbocycles. The van der Waals surface area contributed by atoms with Crippen LogP contribution in [0.15, 0.2) is 0 Å². The van der Waals surface area contributed by atoms with Gasteiger partial charge < -0.3 is 9.59 Å². The Balaban J connectivity index is 1.96. The summed E-state index contributed by atoms with van der Waals surface area (Å²) in [6.07, 6.45) is 1.29. The fourth-order valence-corrected chi connectivity index (χ4v) is 4.94. The van der Waals surface area contributed by atoms with Crippen molar-refractivity contribution in [2.45, 2.75) is 63.3 Å². The molecule has 20 heavy (non-hydrogen) atoms. The second-order valence-corrected chi connectivity index (χ2v) is 7.08. The van der Waals surface area contributed by atoms with Gasteiger partial charge in [0.05, 0.1) is 19.6 Å². The largest absolute Gasteiger partial charge is 0.796 e. The lowest BCUT2D eigenvalue weighted by Gasteiger charge is -2.65. The number of hydrogen-bond donors (Lipinski definition) is 0. The van der Waals surface area contributed by atoms with E-state index in [9.17, 15) is 18.3 Å². The van der Waals surface area contributed by atoms with Gasteiger partial charge in [-0.2, -0.15) is 13.2 Å². The summed E-state index contributed by atoms with van der Waals surface area (Å²) >= 11 is 0. The Morgan fingerprint density at radius 2 is 1.30 bits per heavy atom. The summed E-state index contributed by atoms with van der Waals surface area (Å²) in [7, 11) is 0. The summed E-state index contributed by atoms with van der Waals surface area (Å²) in [4.78, 5) is 0. The summed E-state index contributed by atoms with van der Waals surface area (Å²) in [5, 5.41) is 13.3. The van der Waals surface area contributed by atoms with Crippen molar-refractivity contribution in [2.75, 3.05) is 19.6 Å². The molecule has 0 N–H and O–H groups in total. The van der Waals surface area contributed by atoms with Crippen molar-refractivity contribution in [3.8, 4) is 0 Å². The number of piperidine rings is 3. The van der Waals surface area contributed by atoms with Crippen LogP contribution in [-0.2, 0) is 0 Å². The highest BCUT2D eigenvalue weighted by atomic mass is 19.4. The zero-order valence-electron chi connectivity index (χ0n) is 11.9. The van der Waals surface area contributed by atoms with E-state index < -0.39 is 17.8 Å². The van der Waals surface area contributed by atoms with Gasteiger partial charge in [-0.1, -0.05) is 19.3 Å². The average molecular weight is 291 g/mol. The predicted molar refractivity (Wildman–Crippen MR) is 67.6 cm³/mol. The predicted octanol–water partition coefficient (Wildman–Crippen LogP) is 2.82. The number of alkyl halides is 3. The van der Waals surface area contributed by atoms with E-state index in [0.29, 0.717) is 38.4 Å². The third kappa shape index (κ3) is 2.00. The van der Waals surface area contributed by atoms with Crippen LogP contribution in [0.2, 0.25) is 0 Å². The van der Waals surface area contributed by atoms with Crippen molar-refractivity contribution in [2.24, 2.45) is 11.8 Å². The van der Waals surface area contributed by atoms with Crippen molar-refractivity contribution in [3.05, 3.63) is 0 Å². The van der Waals surface area contributed by atoms with Crippen LogP contribution in [0, 0.1) is 11.8 Å². The number of halogens is 3. The first-order valence-electron chi connectivity index (χ1n) is 8.02. The maximum Gasteiger partial charge on any atom is 0.429 e. The van der Waals surface area contributed by atoms with E-state index in [4.69, 9.17) is 0 Å². The van der Waals surface area contributed by atoms with E-state index in [-0.39, 0.29) is 4.48 Å². The summed E-state index contributed by atoms with van der Waals surface area (Å²) < 4.78 is 41.2. The zero-order chi connectivity index (χ0) is 14.4. The second-order valence-electron chi connectivity index (χ2n) is 7.08. The van der Waals surface area contributed by atoms with Gasteiger partial charge in [-0.3, -0.25) is 0 Å². The molecule has 0 aromatic rings. The molecule has 3 saturated heterocycles. The number of rotatable bonds is 2. The van der Waals surface area contributed by atoms with E-state index in [0.717, 1.165) is 38.5 Å². The molecule has 3 heterocycles. The first-order chi connectivity index (χ1) is 9.39.